The van der Waals surface area contributed by atoms with Gasteiger partial charge in [-0.3, -0.25) is 9.59 Å². The molecule has 0 bridgehead atoms. The molecule has 0 aromatic carbocycles. The molecule has 66 valence electrons. The molecule has 0 amide bonds. The van der Waals surface area contributed by atoms with Gasteiger partial charge in [-0.05, 0) is 0 Å². The monoisotopic (exact) mass is 300 g/mol. The third-order valence-corrected chi connectivity index (χ3v) is 1.99. The SMILES string of the molecule is O=C(O)C1(C(=O)O)CC(O)C1.[Ba+2].[H-].[H-]. The average Bonchev–Trinajstić information content (AvgIpc) is 1.78. The van der Waals surface area contributed by atoms with E-state index in [9.17, 15) is 9.59 Å². The molecule has 0 radical (unpaired) electrons. The van der Waals surface area contributed by atoms with E-state index in [1.807, 2.05) is 0 Å². The van der Waals surface area contributed by atoms with Gasteiger partial charge in [0.2, 0.25) is 0 Å². The number of carboxylic acid groups (broad SMARTS) is 2. The van der Waals surface area contributed by atoms with Crippen molar-refractivity contribution in [3.63, 3.8) is 0 Å². The van der Waals surface area contributed by atoms with Crippen molar-refractivity contribution < 1.29 is 27.8 Å². The predicted molar refractivity (Wildman–Crippen MR) is 40.9 cm³/mol. The Morgan fingerprint density at radius 2 is 1.58 bits per heavy atom. The van der Waals surface area contributed by atoms with Crippen LogP contribution in [0, 0.1) is 5.41 Å². The predicted octanol–water partition coefficient (Wildman–Crippen LogP) is -0.859. The largest absolute Gasteiger partial charge is 2.00 e. The summed E-state index contributed by atoms with van der Waals surface area (Å²) in [5.74, 6) is -2.73. The van der Waals surface area contributed by atoms with Crippen LogP contribution in [0.3, 0.4) is 0 Å². The van der Waals surface area contributed by atoms with Gasteiger partial charge in [-0.25, -0.2) is 0 Å². The number of aliphatic hydroxyl groups is 1. The Kier molecular flexibility index (Phi) is 4.28. The van der Waals surface area contributed by atoms with E-state index in [1.165, 1.54) is 0 Å². The molecule has 0 aromatic rings. The van der Waals surface area contributed by atoms with Gasteiger partial charge in [-0.1, -0.05) is 0 Å². The molecule has 0 unspecified atom stereocenters. The number of hydrogen-bond donors (Lipinski definition) is 3. The molecule has 12 heavy (non-hydrogen) atoms. The van der Waals surface area contributed by atoms with Gasteiger partial charge in [0.05, 0.1) is 6.10 Å². The Labute approximate surface area is 112 Å². The molecule has 5 nitrogen and oxygen atoms in total. The molecule has 1 fully saturated rings. The molecule has 1 aliphatic rings. The summed E-state index contributed by atoms with van der Waals surface area (Å²) in [4.78, 5) is 20.8. The van der Waals surface area contributed by atoms with Crippen molar-refractivity contribution in [2.75, 3.05) is 0 Å². The van der Waals surface area contributed by atoms with Crippen molar-refractivity contribution in [2.45, 2.75) is 18.9 Å². The summed E-state index contributed by atoms with van der Waals surface area (Å²) in [6.07, 6.45) is -1.14. The Balaban J connectivity index is -0.000000403. The van der Waals surface area contributed by atoms with Crippen molar-refractivity contribution in [3.8, 4) is 0 Å². The van der Waals surface area contributed by atoms with Crippen LogP contribution in [0.15, 0.2) is 0 Å². The first kappa shape index (κ1) is 12.5. The van der Waals surface area contributed by atoms with Gasteiger partial charge in [-0.15, -0.1) is 0 Å². The number of aliphatic hydroxyl groups excluding tert-OH is 1. The number of carboxylic acids is 2. The van der Waals surface area contributed by atoms with Gasteiger partial charge < -0.3 is 18.2 Å². The molecule has 0 aromatic heterocycles. The second-order valence-corrected chi connectivity index (χ2v) is 2.75. The van der Waals surface area contributed by atoms with E-state index >= 15 is 0 Å². The number of hydrogen-bond acceptors (Lipinski definition) is 3. The zero-order valence-corrected chi connectivity index (χ0v) is 10.8. The maximum Gasteiger partial charge on any atom is 2.00 e. The molecule has 1 saturated carbocycles. The van der Waals surface area contributed by atoms with Crippen molar-refractivity contribution in [2.24, 2.45) is 5.41 Å². The summed E-state index contributed by atoms with van der Waals surface area (Å²) < 4.78 is 0. The van der Waals surface area contributed by atoms with Crippen LogP contribution < -0.4 is 0 Å². The summed E-state index contributed by atoms with van der Waals surface area (Å²) in [5, 5.41) is 25.7. The standard InChI is InChI=1S/C6H8O5.Ba.2H/c7-3-1-6(2-3,4(8)9)5(10)11;;;/h3,7H,1-2H2,(H,8,9)(H,10,11);;;/q;+2;2*-1. The minimum absolute atomic E-state index is 0. The van der Waals surface area contributed by atoms with Crippen LogP contribution in [0.5, 0.6) is 0 Å². The molecular formula is C6H10BaO5. The van der Waals surface area contributed by atoms with Gasteiger partial charge in [-0.2, -0.15) is 0 Å². The van der Waals surface area contributed by atoms with E-state index in [0.29, 0.717) is 0 Å². The summed E-state index contributed by atoms with van der Waals surface area (Å²) >= 11 is 0. The Bertz CT molecular complexity index is 200. The molecule has 6 heteroatoms. The van der Waals surface area contributed by atoms with E-state index in [-0.39, 0.29) is 64.6 Å². The quantitative estimate of drug-likeness (QED) is 0.456. The van der Waals surface area contributed by atoms with Crippen LogP contribution in [0.2, 0.25) is 0 Å². The zero-order valence-electron chi connectivity index (χ0n) is 8.36. The van der Waals surface area contributed by atoms with Crippen molar-refractivity contribution in [1.29, 1.82) is 0 Å². The van der Waals surface area contributed by atoms with Crippen molar-refractivity contribution in [3.05, 3.63) is 0 Å². The first-order valence-electron chi connectivity index (χ1n) is 3.14. The molecule has 1 aliphatic carbocycles. The third kappa shape index (κ3) is 1.86. The minimum Gasteiger partial charge on any atom is -1.00 e. The molecular weight excluding hydrogens is 289 g/mol. The maximum absolute atomic E-state index is 10.4. The van der Waals surface area contributed by atoms with E-state index in [0.717, 1.165) is 0 Å². The summed E-state index contributed by atoms with van der Waals surface area (Å²) in [7, 11) is 0. The molecule has 1 rings (SSSR count). The van der Waals surface area contributed by atoms with Gasteiger partial charge in [0.1, 0.15) is 0 Å². The second kappa shape index (κ2) is 4.12. The molecule has 0 saturated heterocycles. The van der Waals surface area contributed by atoms with Crippen molar-refractivity contribution in [1.82, 2.24) is 0 Å². The second-order valence-electron chi connectivity index (χ2n) is 2.75. The Morgan fingerprint density at radius 1 is 1.25 bits per heavy atom. The first-order valence-corrected chi connectivity index (χ1v) is 3.14. The van der Waals surface area contributed by atoms with E-state index in [4.69, 9.17) is 15.3 Å². The van der Waals surface area contributed by atoms with E-state index in [2.05, 4.69) is 0 Å². The fourth-order valence-corrected chi connectivity index (χ4v) is 1.19. The summed E-state index contributed by atoms with van der Waals surface area (Å²) in [6, 6.07) is 0. The summed E-state index contributed by atoms with van der Waals surface area (Å²) in [5.41, 5.74) is -1.72. The van der Waals surface area contributed by atoms with Crippen LogP contribution in [-0.4, -0.2) is 82.2 Å². The number of aliphatic carboxylic acids is 2. The van der Waals surface area contributed by atoms with Gasteiger partial charge in [0.25, 0.3) is 0 Å². The molecule has 0 heterocycles. The molecule has 0 atom stereocenters. The van der Waals surface area contributed by atoms with Crippen LogP contribution >= 0.6 is 0 Å². The first-order chi connectivity index (χ1) is 4.99. The fraction of sp³-hybridized carbons (Fsp3) is 0.667. The van der Waals surface area contributed by atoms with Crippen LogP contribution in [0.4, 0.5) is 0 Å². The fourth-order valence-electron chi connectivity index (χ4n) is 1.19. The Morgan fingerprint density at radius 3 is 1.67 bits per heavy atom. The minimum atomic E-state index is -1.72. The van der Waals surface area contributed by atoms with Crippen LogP contribution in [0.25, 0.3) is 0 Å². The number of rotatable bonds is 2. The zero-order chi connectivity index (χ0) is 8.65. The molecule has 0 aliphatic heterocycles. The van der Waals surface area contributed by atoms with Gasteiger partial charge >= 0.3 is 60.8 Å². The Hall–Kier alpha value is 0.471. The third-order valence-electron chi connectivity index (χ3n) is 1.99. The van der Waals surface area contributed by atoms with Crippen LogP contribution in [0.1, 0.15) is 15.7 Å². The molecule has 3 N–H and O–H groups in total. The normalized spacial score (nSPS) is 20.4. The smallest absolute Gasteiger partial charge is 1.00 e. The average molecular weight is 299 g/mol. The topological polar surface area (TPSA) is 94.8 Å². The van der Waals surface area contributed by atoms with E-state index < -0.39 is 23.5 Å². The van der Waals surface area contributed by atoms with E-state index in [1.54, 1.807) is 0 Å². The van der Waals surface area contributed by atoms with Gasteiger partial charge in [0, 0.05) is 12.8 Å². The van der Waals surface area contributed by atoms with Crippen molar-refractivity contribution >= 4 is 60.8 Å². The number of carbonyl (C=O) groups is 2. The van der Waals surface area contributed by atoms with Gasteiger partial charge in [0.15, 0.2) is 5.41 Å². The molecule has 0 spiro atoms. The van der Waals surface area contributed by atoms with Crippen LogP contribution in [-0.2, 0) is 9.59 Å². The summed E-state index contributed by atoms with van der Waals surface area (Å²) in [6.45, 7) is 0. The maximum atomic E-state index is 10.4.